The van der Waals surface area contributed by atoms with Crippen LogP contribution in [-0.2, 0) is 9.53 Å². The molecule has 0 aliphatic carbocycles. The molecule has 0 saturated carbocycles. The largest absolute Gasteiger partial charge is 0.444 e. The smallest absolute Gasteiger partial charge is 0.410 e. The quantitative estimate of drug-likeness (QED) is 0.390. The number of carbonyl (C=O) groups is 2. The molecule has 2 aliphatic heterocycles. The van der Waals surface area contributed by atoms with Crippen molar-refractivity contribution in [3.63, 3.8) is 0 Å². The number of unbranched alkanes of at least 4 members (excludes halogenated alkanes) is 7. The Morgan fingerprint density at radius 2 is 1.43 bits per heavy atom. The van der Waals surface area contributed by atoms with Crippen LogP contribution in [0.25, 0.3) is 0 Å². The summed E-state index contributed by atoms with van der Waals surface area (Å²) in [6.45, 7) is 8.00. The lowest BCUT2D eigenvalue weighted by Gasteiger charge is -2.48. The number of ether oxygens (including phenoxy) is 1. The number of fused-ring (bicyclic) bond motifs is 2. The maximum absolute atomic E-state index is 12.8. The third-order valence-electron chi connectivity index (χ3n) is 6.31. The summed E-state index contributed by atoms with van der Waals surface area (Å²) in [5.74, 6) is 0.588. The van der Waals surface area contributed by atoms with Crippen LogP contribution >= 0.6 is 0 Å². The van der Waals surface area contributed by atoms with Crippen LogP contribution in [0.5, 0.6) is 0 Å². The molecule has 2 rings (SSSR count). The highest BCUT2D eigenvalue weighted by molar-refractivity contribution is 5.81. The average Bonchev–Trinajstić information content (AvgIpc) is 2.61. The Hall–Kier alpha value is -1.06. The molecule has 0 aromatic rings. The number of amides is 1. The van der Waals surface area contributed by atoms with Gasteiger partial charge in [-0.25, -0.2) is 4.79 Å². The highest BCUT2D eigenvalue weighted by atomic mass is 16.6. The van der Waals surface area contributed by atoms with Crippen molar-refractivity contribution < 1.29 is 14.3 Å². The van der Waals surface area contributed by atoms with Gasteiger partial charge in [0.15, 0.2) is 0 Å². The summed E-state index contributed by atoms with van der Waals surface area (Å²) in [6, 6.07) is 0.379. The topological polar surface area (TPSA) is 46.6 Å². The van der Waals surface area contributed by atoms with E-state index >= 15 is 0 Å². The van der Waals surface area contributed by atoms with Crippen LogP contribution in [0.4, 0.5) is 4.79 Å². The van der Waals surface area contributed by atoms with E-state index in [9.17, 15) is 9.59 Å². The molecule has 2 heterocycles. The summed E-state index contributed by atoms with van der Waals surface area (Å²) in [7, 11) is 0. The molecule has 28 heavy (non-hydrogen) atoms. The monoisotopic (exact) mass is 393 g/mol. The predicted molar refractivity (Wildman–Crippen MR) is 114 cm³/mol. The van der Waals surface area contributed by atoms with Gasteiger partial charge in [0.25, 0.3) is 0 Å². The van der Waals surface area contributed by atoms with Gasteiger partial charge in [-0.1, -0.05) is 51.9 Å². The maximum atomic E-state index is 12.8. The van der Waals surface area contributed by atoms with E-state index in [1.54, 1.807) is 0 Å². The van der Waals surface area contributed by atoms with Crippen molar-refractivity contribution in [3.8, 4) is 0 Å². The van der Waals surface area contributed by atoms with Gasteiger partial charge in [-0.15, -0.1) is 0 Å². The molecular weight excluding hydrogens is 350 g/mol. The van der Waals surface area contributed by atoms with Gasteiger partial charge >= 0.3 is 6.09 Å². The van der Waals surface area contributed by atoms with Gasteiger partial charge in [0.1, 0.15) is 11.4 Å². The summed E-state index contributed by atoms with van der Waals surface area (Å²) in [6.07, 6.45) is 15.5. The Balaban J connectivity index is 1.73. The lowest BCUT2D eigenvalue weighted by Crippen LogP contribution is -2.56. The molecule has 2 unspecified atom stereocenters. The van der Waals surface area contributed by atoms with Crippen LogP contribution < -0.4 is 0 Å². The summed E-state index contributed by atoms with van der Waals surface area (Å²) in [5.41, 5.74) is -0.464. The number of hydrogen-bond donors (Lipinski definition) is 0. The van der Waals surface area contributed by atoms with Crippen molar-refractivity contribution in [2.45, 2.75) is 135 Å². The first-order valence-electron chi connectivity index (χ1n) is 11.9. The van der Waals surface area contributed by atoms with Crippen LogP contribution in [-0.4, -0.2) is 34.5 Å². The van der Waals surface area contributed by atoms with Crippen LogP contribution in [0.1, 0.15) is 118 Å². The maximum Gasteiger partial charge on any atom is 0.410 e. The molecule has 2 fully saturated rings. The third kappa shape index (κ3) is 7.40. The van der Waals surface area contributed by atoms with Crippen molar-refractivity contribution in [2.24, 2.45) is 5.92 Å². The number of piperidine rings is 2. The number of nitrogens with zero attached hydrogens (tertiary/aromatic N) is 1. The molecule has 2 saturated heterocycles. The molecule has 2 bridgehead atoms. The van der Waals surface area contributed by atoms with Crippen LogP contribution in [0.3, 0.4) is 0 Å². The zero-order chi connectivity index (χ0) is 20.6. The van der Waals surface area contributed by atoms with E-state index in [0.717, 1.165) is 44.9 Å². The van der Waals surface area contributed by atoms with Crippen LogP contribution in [0.2, 0.25) is 0 Å². The highest BCUT2D eigenvalue weighted by Crippen LogP contribution is 2.38. The molecule has 4 nitrogen and oxygen atoms in total. The predicted octanol–water partition coefficient (Wildman–Crippen LogP) is 6.65. The van der Waals surface area contributed by atoms with E-state index in [1.165, 1.54) is 44.9 Å². The molecular formula is C24H43NO3. The zero-order valence-corrected chi connectivity index (χ0v) is 18.8. The second-order valence-corrected chi connectivity index (χ2v) is 9.99. The Labute approximate surface area is 172 Å². The van der Waals surface area contributed by atoms with E-state index in [0.29, 0.717) is 5.78 Å². The fraction of sp³-hybridized carbons (Fsp3) is 0.917. The van der Waals surface area contributed by atoms with E-state index in [1.807, 2.05) is 25.7 Å². The molecule has 0 aromatic carbocycles. The summed E-state index contributed by atoms with van der Waals surface area (Å²) in [4.78, 5) is 27.4. The van der Waals surface area contributed by atoms with Crippen molar-refractivity contribution >= 4 is 11.9 Å². The highest BCUT2D eigenvalue weighted by Gasteiger charge is 2.44. The molecule has 0 aromatic heterocycles. The fourth-order valence-electron chi connectivity index (χ4n) is 4.89. The lowest BCUT2D eigenvalue weighted by molar-refractivity contribution is -0.127. The lowest BCUT2D eigenvalue weighted by atomic mass is 9.76. The van der Waals surface area contributed by atoms with Crippen LogP contribution in [0, 0.1) is 5.92 Å². The van der Waals surface area contributed by atoms with E-state index in [2.05, 4.69) is 6.92 Å². The second-order valence-electron chi connectivity index (χ2n) is 9.99. The van der Waals surface area contributed by atoms with Gasteiger partial charge in [0.05, 0.1) is 0 Å². The first-order chi connectivity index (χ1) is 13.3. The minimum absolute atomic E-state index is 0.151. The fourth-order valence-corrected chi connectivity index (χ4v) is 4.89. The Morgan fingerprint density at radius 3 is 1.96 bits per heavy atom. The Kier molecular flexibility index (Phi) is 9.30. The molecule has 0 spiro atoms. The summed E-state index contributed by atoms with van der Waals surface area (Å²) >= 11 is 0. The van der Waals surface area contributed by atoms with Gasteiger partial charge in [-0.05, 0) is 59.3 Å². The van der Waals surface area contributed by atoms with Crippen molar-refractivity contribution in [1.82, 2.24) is 4.90 Å². The first kappa shape index (κ1) is 23.2. The number of Topliss-reactive ketones (excluding diaryl/α,β-unsaturated/α-hetero) is 1. The normalized spacial score (nSPS) is 24.9. The van der Waals surface area contributed by atoms with Gasteiger partial charge < -0.3 is 9.64 Å². The molecule has 162 valence electrons. The number of ketones is 1. The van der Waals surface area contributed by atoms with Crippen LogP contribution in [0.15, 0.2) is 0 Å². The van der Waals surface area contributed by atoms with Gasteiger partial charge in [0.2, 0.25) is 0 Å². The summed E-state index contributed by atoms with van der Waals surface area (Å²) < 4.78 is 5.64. The minimum Gasteiger partial charge on any atom is -0.444 e. The van der Waals surface area contributed by atoms with E-state index in [-0.39, 0.29) is 24.1 Å². The Morgan fingerprint density at radius 1 is 0.893 bits per heavy atom. The number of carbonyl (C=O) groups excluding carboxylic acids is 2. The SMILES string of the molecule is CCCCCCCCCCC(=O)C1CC2CCCC(C1)N2C(=O)OC(C)(C)C. The van der Waals surface area contributed by atoms with Gasteiger partial charge in [-0.2, -0.15) is 0 Å². The molecule has 4 heteroatoms. The van der Waals surface area contributed by atoms with E-state index < -0.39 is 5.60 Å². The molecule has 1 amide bonds. The molecule has 0 N–H and O–H groups in total. The van der Waals surface area contributed by atoms with Crippen molar-refractivity contribution in [3.05, 3.63) is 0 Å². The van der Waals surface area contributed by atoms with Crippen molar-refractivity contribution in [2.75, 3.05) is 0 Å². The molecule has 0 radical (unpaired) electrons. The second kappa shape index (κ2) is 11.2. The minimum atomic E-state index is -0.464. The Bertz CT molecular complexity index is 483. The van der Waals surface area contributed by atoms with Crippen molar-refractivity contribution in [1.29, 1.82) is 0 Å². The standard InChI is InChI=1S/C24H43NO3/c1-5-6-7-8-9-10-11-12-16-22(26)19-17-20-14-13-15-21(18-19)25(20)23(27)28-24(2,3)4/h19-21H,5-18H2,1-4H3. The molecule has 2 atom stereocenters. The van der Waals surface area contributed by atoms with Gasteiger partial charge in [-0.3, -0.25) is 4.79 Å². The van der Waals surface area contributed by atoms with E-state index in [4.69, 9.17) is 4.74 Å². The third-order valence-corrected chi connectivity index (χ3v) is 6.31. The number of rotatable bonds is 10. The average molecular weight is 394 g/mol. The first-order valence-corrected chi connectivity index (χ1v) is 11.9. The number of hydrogen-bond acceptors (Lipinski definition) is 3. The summed E-state index contributed by atoms with van der Waals surface area (Å²) in [5, 5.41) is 0. The molecule has 2 aliphatic rings. The van der Waals surface area contributed by atoms with Gasteiger partial charge in [0, 0.05) is 24.4 Å². The zero-order valence-electron chi connectivity index (χ0n) is 18.8.